The fourth-order valence-electron chi connectivity index (χ4n) is 1.79. The van der Waals surface area contributed by atoms with Crippen molar-refractivity contribution in [2.24, 2.45) is 5.73 Å². The fraction of sp³-hybridized carbons (Fsp3) is 0.308. The molecule has 96 valence electrons. The van der Waals surface area contributed by atoms with Crippen molar-refractivity contribution in [3.63, 3.8) is 0 Å². The molecule has 0 bridgehead atoms. The number of aromatic nitrogens is 2. The van der Waals surface area contributed by atoms with Gasteiger partial charge >= 0.3 is 0 Å². The van der Waals surface area contributed by atoms with Crippen molar-refractivity contribution in [3.8, 4) is 0 Å². The number of rotatable bonds is 4. The molecule has 3 nitrogen and oxygen atoms in total. The van der Waals surface area contributed by atoms with Crippen LogP contribution in [0.5, 0.6) is 0 Å². The summed E-state index contributed by atoms with van der Waals surface area (Å²) in [7, 11) is 0. The van der Waals surface area contributed by atoms with E-state index >= 15 is 0 Å². The molecule has 2 rings (SSSR count). The van der Waals surface area contributed by atoms with Gasteiger partial charge in [0.05, 0.1) is 12.7 Å². The van der Waals surface area contributed by atoms with Crippen molar-refractivity contribution < 1.29 is 4.39 Å². The van der Waals surface area contributed by atoms with E-state index in [0.717, 1.165) is 12.0 Å². The van der Waals surface area contributed by atoms with Crippen LogP contribution >= 0.6 is 11.6 Å². The topological polar surface area (TPSA) is 43.8 Å². The van der Waals surface area contributed by atoms with Crippen molar-refractivity contribution in [2.75, 3.05) is 0 Å². The summed E-state index contributed by atoms with van der Waals surface area (Å²) < 4.78 is 15.3. The van der Waals surface area contributed by atoms with E-state index in [1.54, 1.807) is 23.0 Å². The van der Waals surface area contributed by atoms with Crippen LogP contribution in [0.25, 0.3) is 0 Å². The summed E-state index contributed by atoms with van der Waals surface area (Å²) in [5, 5.41) is 4.59. The van der Waals surface area contributed by atoms with Gasteiger partial charge < -0.3 is 5.73 Å². The Morgan fingerprint density at radius 1 is 1.50 bits per heavy atom. The first-order valence-electron chi connectivity index (χ1n) is 5.75. The van der Waals surface area contributed by atoms with E-state index in [9.17, 15) is 4.39 Å². The van der Waals surface area contributed by atoms with Gasteiger partial charge in [0.15, 0.2) is 0 Å². The third-order valence-corrected chi connectivity index (χ3v) is 2.83. The molecular weight excluding hydrogens is 253 g/mol. The molecule has 2 aromatic rings. The second-order valence-corrected chi connectivity index (χ2v) is 4.90. The molecule has 1 unspecified atom stereocenters. The molecule has 0 aliphatic rings. The smallest absolute Gasteiger partial charge is 0.129 e. The zero-order valence-electron chi connectivity index (χ0n) is 10.1. The van der Waals surface area contributed by atoms with Crippen LogP contribution in [0.4, 0.5) is 4.39 Å². The van der Waals surface area contributed by atoms with Gasteiger partial charge in [0.25, 0.3) is 0 Å². The maximum Gasteiger partial charge on any atom is 0.129 e. The highest BCUT2D eigenvalue weighted by Crippen LogP contribution is 2.15. The van der Waals surface area contributed by atoms with Crippen LogP contribution in [0.1, 0.15) is 18.1 Å². The average Bonchev–Trinajstić information content (AvgIpc) is 2.69. The lowest BCUT2D eigenvalue weighted by atomic mass is 10.1. The van der Waals surface area contributed by atoms with Crippen LogP contribution in [-0.4, -0.2) is 15.8 Å². The van der Waals surface area contributed by atoms with Gasteiger partial charge in [0.1, 0.15) is 5.82 Å². The minimum Gasteiger partial charge on any atom is -0.328 e. The lowest BCUT2D eigenvalue weighted by Crippen LogP contribution is -2.17. The van der Waals surface area contributed by atoms with Crippen molar-refractivity contribution >= 4 is 11.6 Å². The van der Waals surface area contributed by atoms with E-state index in [0.29, 0.717) is 17.1 Å². The van der Waals surface area contributed by atoms with Gasteiger partial charge in [0, 0.05) is 22.8 Å². The molecule has 0 aliphatic carbocycles. The highest BCUT2D eigenvalue weighted by molar-refractivity contribution is 6.30. The SMILES string of the molecule is CC(N)Cc1cnn(Cc2ccc(Cl)cc2F)c1. The molecule has 0 amide bonds. The Labute approximate surface area is 110 Å². The van der Waals surface area contributed by atoms with Crippen LogP contribution in [-0.2, 0) is 13.0 Å². The molecular formula is C13H15ClFN3. The summed E-state index contributed by atoms with van der Waals surface area (Å²) in [4.78, 5) is 0. The summed E-state index contributed by atoms with van der Waals surface area (Å²) >= 11 is 5.71. The maximum absolute atomic E-state index is 13.6. The van der Waals surface area contributed by atoms with E-state index in [1.807, 2.05) is 13.1 Å². The van der Waals surface area contributed by atoms with Crippen molar-refractivity contribution in [1.29, 1.82) is 0 Å². The van der Waals surface area contributed by atoms with Gasteiger partial charge in [-0.2, -0.15) is 5.10 Å². The zero-order valence-corrected chi connectivity index (χ0v) is 10.9. The standard InChI is InChI=1S/C13H15ClFN3/c1-9(16)4-10-6-17-18(7-10)8-11-2-3-12(14)5-13(11)15/h2-3,5-7,9H,4,8,16H2,1H3. The summed E-state index contributed by atoms with van der Waals surface area (Å²) in [5.74, 6) is -0.313. The molecule has 2 N–H and O–H groups in total. The Morgan fingerprint density at radius 2 is 2.28 bits per heavy atom. The second-order valence-electron chi connectivity index (χ2n) is 4.46. The van der Waals surface area contributed by atoms with E-state index in [1.165, 1.54) is 6.07 Å². The highest BCUT2D eigenvalue weighted by Gasteiger charge is 2.06. The molecule has 18 heavy (non-hydrogen) atoms. The van der Waals surface area contributed by atoms with Gasteiger partial charge in [-0.25, -0.2) is 4.39 Å². The molecule has 1 atom stereocenters. The molecule has 1 aromatic heterocycles. The molecule has 1 heterocycles. The molecule has 0 fully saturated rings. The molecule has 0 radical (unpaired) electrons. The molecule has 0 aliphatic heterocycles. The van der Waals surface area contributed by atoms with Gasteiger partial charge in [-0.3, -0.25) is 4.68 Å². The predicted molar refractivity (Wildman–Crippen MR) is 70.1 cm³/mol. The van der Waals surface area contributed by atoms with Crippen molar-refractivity contribution in [3.05, 3.63) is 52.6 Å². The number of hydrogen-bond donors (Lipinski definition) is 1. The van der Waals surface area contributed by atoms with Gasteiger partial charge in [0.2, 0.25) is 0 Å². The van der Waals surface area contributed by atoms with Gasteiger partial charge in [-0.05, 0) is 31.0 Å². The fourth-order valence-corrected chi connectivity index (χ4v) is 1.95. The first kappa shape index (κ1) is 13.1. The molecule has 0 spiro atoms. The number of nitrogens with two attached hydrogens (primary N) is 1. The Bertz CT molecular complexity index is 537. The Balaban J connectivity index is 2.11. The van der Waals surface area contributed by atoms with Gasteiger partial charge in [-0.1, -0.05) is 17.7 Å². The Hall–Kier alpha value is -1.39. The second kappa shape index (κ2) is 5.50. The summed E-state index contributed by atoms with van der Waals surface area (Å²) in [6.07, 6.45) is 4.41. The number of nitrogens with zero attached hydrogens (tertiary/aromatic N) is 2. The molecule has 5 heteroatoms. The van der Waals surface area contributed by atoms with E-state index < -0.39 is 0 Å². The number of halogens is 2. The van der Waals surface area contributed by atoms with E-state index in [2.05, 4.69) is 5.10 Å². The molecule has 0 saturated carbocycles. The van der Waals surface area contributed by atoms with Crippen LogP contribution in [0.2, 0.25) is 5.02 Å². The molecule has 0 saturated heterocycles. The van der Waals surface area contributed by atoms with Crippen LogP contribution < -0.4 is 5.73 Å². The van der Waals surface area contributed by atoms with Crippen LogP contribution in [0, 0.1) is 5.82 Å². The average molecular weight is 268 g/mol. The minimum absolute atomic E-state index is 0.0925. The lowest BCUT2D eigenvalue weighted by Gasteiger charge is -2.04. The number of hydrogen-bond acceptors (Lipinski definition) is 2. The first-order chi connectivity index (χ1) is 8.54. The van der Waals surface area contributed by atoms with Gasteiger partial charge in [-0.15, -0.1) is 0 Å². The van der Waals surface area contributed by atoms with Crippen LogP contribution in [0.15, 0.2) is 30.6 Å². The number of benzene rings is 1. The third kappa shape index (κ3) is 3.31. The maximum atomic E-state index is 13.6. The first-order valence-corrected chi connectivity index (χ1v) is 6.13. The van der Waals surface area contributed by atoms with E-state index in [4.69, 9.17) is 17.3 Å². The predicted octanol–water partition coefficient (Wildman–Crippen LogP) is 2.61. The van der Waals surface area contributed by atoms with Crippen molar-refractivity contribution in [1.82, 2.24) is 9.78 Å². The monoisotopic (exact) mass is 267 g/mol. The summed E-state index contributed by atoms with van der Waals surface area (Å²) in [6.45, 7) is 2.33. The molecule has 1 aromatic carbocycles. The summed E-state index contributed by atoms with van der Waals surface area (Å²) in [5.41, 5.74) is 7.33. The van der Waals surface area contributed by atoms with E-state index in [-0.39, 0.29) is 11.9 Å². The zero-order chi connectivity index (χ0) is 13.1. The summed E-state index contributed by atoms with van der Waals surface area (Å²) in [6, 6.07) is 4.75. The quantitative estimate of drug-likeness (QED) is 0.925. The van der Waals surface area contributed by atoms with Crippen molar-refractivity contribution in [2.45, 2.75) is 25.9 Å². The lowest BCUT2D eigenvalue weighted by molar-refractivity contribution is 0.585. The van der Waals surface area contributed by atoms with Crippen LogP contribution in [0.3, 0.4) is 0 Å². The minimum atomic E-state index is -0.313. The third-order valence-electron chi connectivity index (χ3n) is 2.59. The Kier molecular flexibility index (Phi) is 3.99. The highest BCUT2D eigenvalue weighted by atomic mass is 35.5. The normalized spacial score (nSPS) is 12.7. The Morgan fingerprint density at radius 3 is 2.94 bits per heavy atom. The largest absolute Gasteiger partial charge is 0.328 e.